The number of sulfonamides is 1. The van der Waals surface area contributed by atoms with Crippen LogP contribution in [0.15, 0.2) is 64.0 Å². The van der Waals surface area contributed by atoms with Gasteiger partial charge >= 0.3 is 0 Å². The molecule has 0 aliphatic carbocycles. The first-order valence-electron chi connectivity index (χ1n) is 8.59. The van der Waals surface area contributed by atoms with Gasteiger partial charge in [-0.2, -0.15) is 10.2 Å². The fraction of sp³-hybridized carbons (Fsp3) is 0.0500. The van der Waals surface area contributed by atoms with E-state index < -0.39 is 10.0 Å². The number of rotatable bonds is 5. The van der Waals surface area contributed by atoms with Crippen LogP contribution in [0.3, 0.4) is 0 Å². The molecule has 0 unspecified atom stereocenters. The maximum absolute atomic E-state index is 13.1. The number of benzene rings is 2. The van der Waals surface area contributed by atoms with Crippen LogP contribution in [-0.2, 0) is 10.0 Å². The Kier molecular flexibility index (Phi) is 5.07. The number of hydrogen-bond donors (Lipinski definition) is 1. The lowest BCUT2D eigenvalue weighted by atomic mass is 10.2. The molecule has 30 heavy (non-hydrogen) atoms. The predicted octanol–water partition coefficient (Wildman–Crippen LogP) is 4.59. The third-order valence-electron chi connectivity index (χ3n) is 4.17. The third kappa shape index (κ3) is 3.94. The van der Waals surface area contributed by atoms with Crippen molar-refractivity contribution in [1.29, 1.82) is 5.26 Å². The maximum Gasteiger partial charge on any atom is 0.268 e. The zero-order valence-electron chi connectivity index (χ0n) is 15.5. The Hall–Kier alpha value is -3.55. The number of nitriles is 1. The first kappa shape index (κ1) is 19.8. The van der Waals surface area contributed by atoms with Gasteiger partial charge in [-0.25, -0.2) is 12.8 Å². The summed E-state index contributed by atoms with van der Waals surface area (Å²) in [5, 5.41) is 12.7. The van der Waals surface area contributed by atoms with Crippen LogP contribution in [0.4, 0.5) is 10.1 Å². The minimum Gasteiger partial charge on any atom is -0.333 e. The topological polar surface area (TPSA) is 109 Å². The minimum absolute atomic E-state index is 0.0911. The Bertz CT molecular complexity index is 1350. The van der Waals surface area contributed by atoms with E-state index in [4.69, 9.17) is 9.78 Å². The van der Waals surface area contributed by atoms with Crippen molar-refractivity contribution in [1.82, 2.24) is 10.1 Å². The summed E-state index contributed by atoms with van der Waals surface area (Å²) in [6, 6.07) is 15.2. The summed E-state index contributed by atoms with van der Waals surface area (Å²) >= 11 is 1.20. The standard InChI is InChI=1S/C20H13FN4O3S2/c1-12-18(30(26,27)25-16-8-2-13(11-22)3-9-16)10-17(29-12)20-23-19(24-28-20)14-4-6-15(21)7-5-14/h2-10,25H,1H3. The van der Waals surface area contributed by atoms with Crippen LogP contribution in [0.5, 0.6) is 0 Å². The van der Waals surface area contributed by atoms with E-state index >= 15 is 0 Å². The average molecular weight is 440 g/mol. The monoisotopic (exact) mass is 440 g/mol. The molecule has 0 saturated heterocycles. The van der Waals surface area contributed by atoms with Crippen LogP contribution in [0.2, 0.25) is 0 Å². The van der Waals surface area contributed by atoms with Crippen LogP contribution in [0.1, 0.15) is 10.4 Å². The molecule has 150 valence electrons. The normalized spacial score (nSPS) is 11.2. The van der Waals surface area contributed by atoms with Gasteiger partial charge in [0.2, 0.25) is 5.82 Å². The first-order chi connectivity index (χ1) is 14.4. The third-order valence-corrected chi connectivity index (χ3v) is 6.84. The molecule has 1 N–H and O–H groups in total. The van der Waals surface area contributed by atoms with E-state index in [1.54, 1.807) is 6.92 Å². The predicted molar refractivity (Wildman–Crippen MR) is 110 cm³/mol. The highest BCUT2D eigenvalue weighted by atomic mass is 32.2. The van der Waals surface area contributed by atoms with Gasteiger partial charge in [0.1, 0.15) is 10.7 Å². The number of thiophene rings is 1. The smallest absolute Gasteiger partial charge is 0.268 e. The molecule has 0 aliphatic heterocycles. The molecule has 0 radical (unpaired) electrons. The van der Waals surface area contributed by atoms with Crippen LogP contribution in [0, 0.1) is 24.1 Å². The number of aryl methyl sites for hydroxylation is 1. The van der Waals surface area contributed by atoms with E-state index in [-0.39, 0.29) is 22.4 Å². The van der Waals surface area contributed by atoms with Crippen molar-refractivity contribution in [2.75, 3.05) is 4.72 Å². The number of halogens is 1. The highest BCUT2D eigenvalue weighted by Crippen LogP contribution is 2.34. The van der Waals surface area contributed by atoms with Crippen molar-refractivity contribution < 1.29 is 17.3 Å². The highest BCUT2D eigenvalue weighted by Gasteiger charge is 2.23. The number of nitrogens with one attached hydrogen (secondary N) is 1. The molecule has 0 amide bonds. The molecule has 7 nitrogen and oxygen atoms in total. The summed E-state index contributed by atoms with van der Waals surface area (Å²) in [6.45, 7) is 1.68. The van der Waals surface area contributed by atoms with E-state index in [1.165, 1.54) is 65.9 Å². The molecule has 2 heterocycles. The number of aromatic nitrogens is 2. The maximum atomic E-state index is 13.1. The average Bonchev–Trinajstić information content (AvgIpc) is 3.36. The highest BCUT2D eigenvalue weighted by molar-refractivity contribution is 7.93. The summed E-state index contributed by atoms with van der Waals surface area (Å²) < 4.78 is 46.5. The summed E-state index contributed by atoms with van der Waals surface area (Å²) in [5.41, 5.74) is 1.35. The largest absolute Gasteiger partial charge is 0.333 e. The van der Waals surface area contributed by atoms with Gasteiger partial charge < -0.3 is 4.52 Å². The second-order valence-corrected chi connectivity index (χ2v) is 9.16. The first-order valence-corrected chi connectivity index (χ1v) is 10.9. The van der Waals surface area contributed by atoms with Gasteiger partial charge in [0.15, 0.2) is 0 Å². The van der Waals surface area contributed by atoms with Gasteiger partial charge in [0, 0.05) is 16.1 Å². The lowest BCUT2D eigenvalue weighted by Crippen LogP contribution is -2.13. The van der Waals surface area contributed by atoms with E-state index in [1.807, 2.05) is 6.07 Å². The zero-order chi connectivity index (χ0) is 21.3. The Balaban J connectivity index is 1.61. The lowest BCUT2D eigenvalue weighted by molar-refractivity contribution is 0.433. The number of hydrogen-bond acceptors (Lipinski definition) is 7. The molecule has 0 aliphatic rings. The van der Waals surface area contributed by atoms with Crippen molar-refractivity contribution in [3.05, 3.63) is 70.9 Å². The van der Waals surface area contributed by atoms with E-state index in [0.717, 1.165) is 0 Å². The molecular weight excluding hydrogens is 427 g/mol. The molecule has 10 heteroatoms. The van der Waals surface area contributed by atoms with Gasteiger partial charge in [-0.1, -0.05) is 5.16 Å². The van der Waals surface area contributed by atoms with Gasteiger partial charge in [-0.15, -0.1) is 11.3 Å². The van der Waals surface area contributed by atoms with Gasteiger partial charge in [0.25, 0.3) is 15.9 Å². The fourth-order valence-corrected chi connectivity index (χ4v) is 5.27. The van der Waals surface area contributed by atoms with Crippen molar-refractivity contribution in [3.8, 4) is 28.2 Å². The van der Waals surface area contributed by atoms with Gasteiger partial charge in [0.05, 0.1) is 16.5 Å². The molecule has 4 rings (SSSR count). The Morgan fingerprint density at radius 1 is 1.13 bits per heavy atom. The molecule has 4 aromatic rings. The number of nitrogens with zero attached hydrogens (tertiary/aromatic N) is 3. The molecule has 0 bridgehead atoms. The second kappa shape index (κ2) is 7.70. The zero-order valence-corrected chi connectivity index (χ0v) is 17.1. The van der Waals surface area contributed by atoms with Crippen LogP contribution >= 0.6 is 11.3 Å². The van der Waals surface area contributed by atoms with E-state index in [0.29, 0.717) is 26.6 Å². The van der Waals surface area contributed by atoms with Crippen molar-refractivity contribution in [2.24, 2.45) is 0 Å². The van der Waals surface area contributed by atoms with Gasteiger partial charge in [-0.3, -0.25) is 4.72 Å². The van der Waals surface area contributed by atoms with E-state index in [9.17, 15) is 12.8 Å². The summed E-state index contributed by atoms with van der Waals surface area (Å²) in [6.07, 6.45) is 0. The second-order valence-electron chi connectivity index (χ2n) is 6.26. The van der Waals surface area contributed by atoms with Gasteiger partial charge in [-0.05, 0) is 61.5 Å². The molecule has 0 spiro atoms. The fourth-order valence-electron chi connectivity index (χ4n) is 2.70. The SMILES string of the molecule is Cc1sc(-c2nc(-c3ccc(F)cc3)no2)cc1S(=O)(=O)Nc1ccc(C#N)cc1. The summed E-state index contributed by atoms with van der Waals surface area (Å²) in [5.74, 6) is 0.0689. The molecule has 0 atom stereocenters. The quantitative estimate of drug-likeness (QED) is 0.486. The minimum atomic E-state index is -3.85. The molecule has 0 saturated carbocycles. The molecule has 0 fully saturated rings. The molecular formula is C20H13FN4O3S2. The Morgan fingerprint density at radius 3 is 2.50 bits per heavy atom. The summed E-state index contributed by atoms with van der Waals surface area (Å²) in [4.78, 5) is 5.42. The Morgan fingerprint density at radius 2 is 1.83 bits per heavy atom. The van der Waals surface area contributed by atoms with Crippen molar-refractivity contribution in [3.63, 3.8) is 0 Å². The number of anilines is 1. The lowest BCUT2D eigenvalue weighted by Gasteiger charge is -2.07. The van der Waals surface area contributed by atoms with E-state index in [2.05, 4.69) is 14.9 Å². The van der Waals surface area contributed by atoms with Crippen LogP contribution in [-0.4, -0.2) is 18.6 Å². The van der Waals surface area contributed by atoms with Crippen molar-refractivity contribution >= 4 is 27.0 Å². The Labute approximate surface area is 175 Å². The molecule has 2 aromatic heterocycles. The summed E-state index contributed by atoms with van der Waals surface area (Å²) in [7, 11) is -3.85. The van der Waals surface area contributed by atoms with Crippen LogP contribution in [0.25, 0.3) is 22.2 Å². The molecule has 2 aromatic carbocycles. The van der Waals surface area contributed by atoms with Crippen molar-refractivity contribution in [2.45, 2.75) is 11.8 Å². The van der Waals surface area contributed by atoms with Crippen LogP contribution < -0.4 is 4.72 Å².